The normalized spacial score (nSPS) is 12.4. The summed E-state index contributed by atoms with van der Waals surface area (Å²) in [7, 11) is 0. The van der Waals surface area contributed by atoms with Crippen LogP contribution < -0.4 is 0 Å². The quantitative estimate of drug-likeness (QED) is 0.709. The summed E-state index contributed by atoms with van der Waals surface area (Å²) in [5.74, 6) is 0. The van der Waals surface area contributed by atoms with Crippen molar-refractivity contribution in [2.45, 2.75) is 25.2 Å². The molecule has 0 amide bonds. The second-order valence-corrected chi connectivity index (χ2v) is 4.97. The highest BCUT2D eigenvalue weighted by atomic mass is 19.4. The van der Waals surface area contributed by atoms with E-state index in [0.29, 0.717) is 6.42 Å². The summed E-state index contributed by atoms with van der Waals surface area (Å²) in [6.45, 7) is 0. The monoisotopic (exact) mass is 332 g/mol. The van der Waals surface area contributed by atoms with Gasteiger partial charge in [0, 0.05) is 12.4 Å². The van der Waals surface area contributed by atoms with Crippen molar-refractivity contribution in [3.05, 3.63) is 71.4 Å². The summed E-state index contributed by atoms with van der Waals surface area (Å²) in [5, 5.41) is 0. The molecule has 1 aromatic heterocycles. The Hall–Kier alpha value is -2.05. The lowest BCUT2D eigenvalue weighted by atomic mass is 9.99. The molecule has 1 radical (unpaired) electrons. The van der Waals surface area contributed by atoms with Crippen LogP contribution in [0.15, 0.2) is 42.7 Å². The van der Waals surface area contributed by atoms with Gasteiger partial charge in [0.15, 0.2) is 0 Å². The van der Waals surface area contributed by atoms with Crippen LogP contribution in [-0.2, 0) is 25.2 Å². The highest BCUT2D eigenvalue weighted by Gasteiger charge is 2.36. The van der Waals surface area contributed by atoms with E-state index in [9.17, 15) is 26.3 Å². The Bertz CT molecular complexity index is 614. The second kappa shape index (κ2) is 6.60. The van der Waals surface area contributed by atoms with E-state index in [4.69, 9.17) is 0 Å². The summed E-state index contributed by atoms with van der Waals surface area (Å²) in [6, 6.07) is 5.10. The van der Waals surface area contributed by atoms with Crippen LogP contribution in [-0.4, -0.2) is 4.98 Å². The average molecular weight is 332 g/mol. The Balaban J connectivity index is 2.17. The molecule has 1 heterocycles. The van der Waals surface area contributed by atoms with E-state index in [2.05, 4.69) is 4.98 Å². The summed E-state index contributed by atoms with van der Waals surface area (Å²) >= 11 is 0. The zero-order valence-electron chi connectivity index (χ0n) is 11.7. The lowest BCUT2D eigenvalue weighted by Crippen LogP contribution is -2.12. The standard InChI is InChI=1S/C16H12F6N/c17-15(18,19)13-7-12(8-14(9-13)16(20,21)22)4-1-3-11-5-2-6-23-10-11/h1-2,5-10H,3-4H2. The molecule has 0 fully saturated rings. The zero-order chi connectivity index (χ0) is 17.1. The summed E-state index contributed by atoms with van der Waals surface area (Å²) in [5.41, 5.74) is -1.79. The first kappa shape index (κ1) is 17.3. The number of pyridine rings is 1. The van der Waals surface area contributed by atoms with Crippen LogP contribution in [0.3, 0.4) is 0 Å². The van der Waals surface area contributed by atoms with Crippen LogP contribution in [0.5, 0.6) is 0 Å². The minimum atomic E-state index is -4.82. The van der Waals surface area contributed by atoms with E-state index in [-0.39, 0.29) is 18.1 Å². The highest BCUT2D eigenvalue weighted by molar-refractivity contribution is 5.34. The molecule has 0 spiro atoms. The number of halogens is 6. The SMILES string of the molecule is FC(F)(F)c1cc(C[CH]Cc2cccnc2)cc(C(F)(F)F)c1. The van der Waals surface area contributed by atoms with Crippen molar-refractivity contribution < 1.29 is 26.3 Å². The van der Waals surface area contributed by atoms with E-state index in [1.165, 1.54) is 0 Å². The van der Waals surface area contributed by atoms with Gasteiger partial charge >= 0.3 is 12.4 Å². The van der Waals surface area contributed by atoms with Crippen LogP contribution in [0.25, 0.3) is 0 Å². The Morgan fingerprint density at radius 2 is 1.39 bits per heavy atom. The lowest BCUT2D eigenvalue weighted by Gasteiger charge is -2.14. The van der Waals surface area contributed by atoms with Crippen LogP contribution >= 0.6 is 0 Å². The van der Waals surface area contributed by atoms with Gasteiger partial charge in [0.2, 0.25) is 0 Å². The minimum absolute atomic E-state index is 0.00188. The number of alkyl halides is 6. The zero-order valence-corrected chi connectivity index (χ0v) is 11.7. The molecule has 7 heteroatoms. The molecule has 123 valence electrons. The highest BCUT2D eigenvalue weighted by Crippen LogP contribution is 2.36. The lowest BCUT2D eigenvalue weighted by molar-refractivity contribution is -0.143. The maximum absolute atomic E-state index is 12.7. The third-order valence-electron chi connectivity index (χ3n) is 3.13. The van der Waals surface area contributed by atoms with Crippen LogP contribution in [0, 0.1) is 6.42 Å². The summed E-state index contributed by atoms with van der Waals surface area (Å²) in [6.07, 6.45) is -4.45. The van der Waals surface area contributed by atoms with Gasteiger partial charge < -0.3 is 0 Å². The van der Waals surface area contributed by atoms with Crippen molar-refractivity contribution in [3.8, 4) is 0 Å². The fraction of sp³-hybridized carbons (Fsp3) is 0.250. The predicted octanol–water partition coefficient (Wildman–Crippen LogP) is 5.11. The van der Waals surface area contributed by atoms with E-state index in [1.807, 2.05) is 0 Å². The number of hydrogen-bond donors (Lipinski definition) is 0. The number of rotatable bonds is 4. The first-order valence-corrected chi connectivity index (χ1v) is 6.65. The fourth-order valence-corrected chi connectivity index (χ4v) is 2.06. The topological polar surface area (TPSA) is 12.9 Å². The number of hydrogen-bond acceptors (Lipinski definition) is 1. The van der Waals surface area contributed by atoms with Gasteiger partial charge in [-0.05, 0) is 54.7 Å². The Kier molecular flexibility index (Phi) is 4.97. The number of nitrogens with zero attached hydrogens (tertiary/aromatic N) is 1. The molecule has 1 aromatic carbocycles. The summed E-state index contributed by atoms with van der Waals surface area (Å²) < 4.78 is 76.4. The molecular formula is C16H12F6N. The first-order chi connectivity index (χ1) is 10.7. The molecule has 0 aliphatic rings. The van der Waals surface area contributed by atoms with Gasteiger partial charge in [0.25, 0.3) is 0 Å². The molecule has 0 saturated carbocycles. The molecule has 2 rings (SSSR count). The second-order valence-electron chi connectivity index (χ2n) is 4.97. The predicted molar refractivity (Wildman–Crippen MR) is 72.4 cm³/mol. The van der Waals surface area contributed by atoms with Crippen molar-refractivity contribution in [2.24, 2.45) is 0 Å². The Morgan fingerprint density at radius 3 is 1.87 bits per heavy atom. The summed E-state index contributed by atoms with van der Waals surface area (Å²) in [4.78, 5) is 3.89. The van der Waals surface area contributed by atoms with Crippen LogP contribution in [0.1, 0.15) is 22.3 Å². The molecule has 2 aromatic rings. The Morgan fingerprint density at radius 1 is 0.826 bits per heavy atom. The minimum Gasteiger partial charge on any atom is -0.264 e. The van der Waals surface area contributed by atoms with E-state index in [0.717, 1.165) is 17.7 Å². The molecule has 0 atom stereocenters. The van der Waals surface area contributed by atoms with Gasteiger partial charge in [-0.2, -0.15) is 26.3 Å². The largest absolute Gasteiger partial charge is 0.416 e. The molecule has 0 aliphatic heterocycles. The van der Waals surface area contributed by atoms with E-state index in [1.54, 1.807) is 30.9 Å². The van der Waals surface area contributed by atoms with Crippen molar-refractivity contribution in [1.82, 2.24) is 4.98 Å². The maximum atomic E-state index is 12.7. The van der Waals surface area contributed by atoms with Crippen molar-refractivity contribution in [3.63, 3.8) is 0 Å². The first-order valence-electron chi connectivity index (χ1n) is 6.65. The molecule has 1 nitrogen and oxygen atoms in total. The van der Waals surface area contributed by atoms with Gasteiger partial charge in [-0.3, -0.25) is 4.98 Å². The molecule has 0 unspecified atom stereocenters. The third-order valence-corrected chi connectivity index (χ3v) is 3.13. The van der Waals surface area contributed by atoms with Crippen LogP contribution in [0.4, 0.5) is 26.3 Å². The van der Waals surface area contributed by atoms with Crippen molar-refractivity contribution in [2.75, 3.05) is 0 Å². The Labute approximate surface area is 129 Å². The van der Waals surface area contributed by atoms with E-state index < -0.39 is 23.5 Å². The van der Waals surface area contributed by atoms with Gasteiger partial charge in [0.05, 0.1) is 11.1 Å². The van der Waals surface area contributed by atoms with Crippen LogP contribution in [0.2, 0.25) is 0 Å². The van der Waals surface area contributed by atoms with Gasteiger partial charge in [-0.25, -0.2) is 0 Å². The van der Waals surface area contributed by atoms with Crippen molar-refractivity contribution in [1.29, 1.82) is 0 Å². The fourth-order valence-electron chi connectivity index (χ4n) is 2.06. The van der Waals surface area contributed by atoms with Gasteiger partial charge in [0.1, 0.15) is 0 Å². The van der Waals surface area contributed by atoms with Gasteiger partial charge in [-0.15, -0.1) is 0 Å². The smallest absolute Gasteiger partial charge is 0.264 e. The average Bonchev–Trinajstić information content (AvgIpc) is 2.46. The molecular weight excluding hydrogens is 320 g/mol. The van der Waals surface area contributed by atoms with Crippen molar-refractivity contribution >= 4 is 0 Å². The van der Waals surface area contributed by atoms with Gasteiger partial charge in [-0.1, -0.05) is 6.07 Å². The molecule has 23 heavy (non-hydrogen) atoms. The molecule has 0 saturated heterocycles. The molecule has 0 aliphatic carbocycles. The van der Waals surface area contributed by atoms with E-state index >= 15 is 0 Å². The molecule has 0 bridgehead atoms. The number of aromatic nitrogens is 1. The third kappa shape index (κ3) is 4.97. The number of benzene rings is 1. The molecule has 0 N–H and O–H groups in total. The maximum Gasteiger partial charge on any atom is 0.416 e.